The van der Waals surface area contributed by atoms with Gasteiger partial charge in [0.05, 0.1) is 38.6 Å². The summed E-state index contributed by atoms with van der Waals surface area (Å²) in [5, 5.41) is 120. The van der Waals surface area contributed by atoms with Gasteiger partial charge in [0.1, 0.15) is 73.2 Å². The van der Waals surface area contributed by atoms with Crippen LogP contribution >= 0.6 is 0 Å². The van der Waals surface area contributed by atoms with Crippen molar-refractivity contribution in [3.63, 3.8) is 0 Å². The van der Waals surface area contributed by atoms with Crippen molar-refractivity contribution in [3.8, 4) is 0 Å². The standard InChI is InChI=1S/C69H125NO18/c1-3-5-7-9-11-13-15-17-18-19-20-21-22-23-24-25-26-27-28-29-30-31-32-33-34-35-37-39-41-43-45-47-57(75)70-52(53(74)46-44-42-40-38-36-16-14-12-10-8-6-4-2)51-83-67-63(81)60(78)65(55(49-72)85-67)88-69-64(82)61(79)66(56(50-73)86-69)87-68-62(80)59(77)58(76)54(48-71)84-68/h5,7,11,13,17-18,20-21,52-56,58-69,71-74,76-82H,3-4,6,8-10,12,14-16,19,22-51H2,1-2H3,(H,70,75)/b7-5-,13-11-,18-17-,21-20-. The van der Waals surface area contributed by atoms with Crippen molar-refractivity contribution in [2.24, 2.45) is 0 Å². The van der Waals surface area contributed by atoms with Gasteiger partial charge in [0.15, 0.2) is 18.9 Å². The minimum Gasteiger partial charge on any atom is -0.394 e. The molecule has 17 atom stereocenters. The highest BCUT2D eigenvalue weighted by Crippen LogP contribution is 2.33. The number of ether oxygens (including phenoxy) is 6. The molecule has 0 radical (unpaired) electrons. The van der Waals surface area contributed by atoms with E-state index in [0.717, 1.165) is 70.6 Å². The first-order valence-corrected chi connectivity index (χ1v) is 34.9. The lowest BCUT2D eigenvalue weighted by atomic mass is 9.96. The maximum atomic E-state index is 13.4. The van der Waals surface area contributed by atoms with Crippen molar-refractivity contribution in [1.82, 2.24) is 5.32 Å². The first-order chi connectivity index (χ1) is 42.8. The van der Waals surface area contributed by atoms with Gasteiger partial charge in [-0.15, -0.1) is 0 Å². The van der Waals surface area contributed by atoms with E-state index in [-0.39, 0.29) is 18.9 Å². The summed E-state index contributed by atoms with van der Waals surface area (Å²) in [4.78, 5) is 13.4. The monoisotopic (exact) mass is 1260 g/mol. The lowest BCUT2D eigenvalue weighted by molar-refractivity contribution is -0.379. The maximum absolute atomic E-state index is 13.4. The second-order valence-corrected chi connectivity index (χ2v) is 25.0. The summed E-state index contributed by atoms with van der Waals surface area (Å²) in [6.45, 7) is 1.68. The van der Waals surface area contributed by atoms with Gasteiger partial charge in [-0.25, -0.2) is 0 Å². The zero-order chi connectivity index (χ0) is 64.0. The molecule has 0 aromatic heterocycles. The Bertz CT molecular complexity index is 1790. The zero-order valence-corrected chi connectivity index (χ0v) is 54.2. The van der Waals surface area contributed by atoms with Gasteiger partial charge >= 0.3 is 0 Å². The highest BCUT2D eigenvalue weighted by atomic mass is 16.8. The molecule has 19 nitrogen and oxygen atoms in total. The second-order valence-electron chi connectivity index (χ2n) is 25.0. The molecular weight excluding hydrogens is 1130 g/mol. The fraction of sp³-hybridized carbons (Fsp3) is 0.870. The molecule has 3 aliphatic heterocycles. The molecule has 3 heterocycles. The van der Waals surface area contributed by atoms with E-state index >= 15 is 0 Å². The molecule has 0 spiro atoms. The summed E-state index contributed by atoms with van der Waals surface area (Å²) in [6.07, 6.45) is 33.5. The molecule has 514 valence electrons. The Morgan fingerprint density at radius 2 is 0.784 bits per heavy atom. The SMILES string of the molecule is CC/C=C\C/C=C\C/C=C\C/C=C\CCCCCCCCCCCCCCCCCCCCC(=O)NC(COC1OC(CO)C(OC2OC(CO)C(OC3OC(CO)C(O)C(O)C3O)C(O)C2O)C(O)C1O)C(O)CCCCCCCCCCCCCC. The van der Waals surface area contributed by atoms with E-state index in [1.165, 1.54) is 148 Å². The van der Waals surface area contributed by atoms with Gasteiger partial charge in [0.2, 0.25) is 5.91 Å². The van der Waals surface area contributed by atoms with Gasteiger partial charge in [-0.1, -0.05) is 242 Å². The number of hydrogen-bond donors (Lipinski definition) is 12. The van der Waals surface area contributed by atoms with Crippen LogP contribution in [0.5, 0.6) is 0 Å². The number of unbranched alkanes of at least 4 members (excludes halogenated alkanes) is 29. The van der Waals surface area contributed by atoms with E-state index in [1.807, 2.05) is 0 Å². The minimum absolute atomic E-state index is 0.242. The van der Waals surface area contributed by atoms with Crippen molar-refractivity contribution in [2.75, 3.05) is 26.4 Å². The first kappa shape index (κ1) is 80.0. The number of carbonyl (C=O) groups excluding carboxylic acids is 1. The van der Waals surface area contributed by atoms with Crippen LogP contribution in [0.3, 0.4) is 0 Å². The number of aliphatic hydroxyl groups is 11. The lowest BCUT2D eigenvalue weighted by Crippen LogP contribution is -2.66. The number of amides is 1. The van der Waals surface area contributed by atoms with E-state index in [4.69, 9.17) is 28.4 Å². The normalized spacial score (nSPS) is 28.7. The summed E-state index contributed by atoms with van der Waals surface area (Å²) in [5.74, 6) is -0.242. The number of hydrogen-bond acceptors (Lipinski definition) is 18. The predicted molar refractivity (Wildman–Crippen MR) is 342 cm³/mol. The van der Waals surface area contributed by atoms with Gasteiger partial charge in [0, 0.05) is 6.42 Å². The predicted octanol–water partition coefficient (Wildman–Crippen LogP) is 9.00. The Hall–Kier alpha value is -2.25. The molecular formula is C69H125NO18. The molecule has 17 unspecified atom stereocenters. The molecule has 0 aromatic carbocycles. The Kier molecular flexibility index (Phi) is 46.5. The van der Waals surface area contributed by atoms with E-state index in [9.17, 15) is 61.0 Å². The van der Waals surface area contributed by atoms with Crippen molar-refractivity contribution in [1.29, 1.82) is 0 Å². The van der Waals surface area contributed by atoms with Crippen LogP contribution in [0.15, 0.2) is 48.6 Å². The average Bonchev–Trinajstić information content (AvgIpc) is 1.54. The van der Waals surface area contributed by atoms with Crippen LogP contribution in [0.4, 0.5) is 0 Å². The highest BCUT2D eigenvalue weighted by molar-refractivity contribution is 5.76. The molecule has 3 rings (SSSR count). The van der Waals surface area contributed by atoms with Crippen molar-refractivity contribution in [3.05, 3.63) is 48.6 Å². The molecule has 3 aliphatic rings. The Morgan fingerprint density at radius 3 is 1.23 bits per heavy atom. The first-order valence-electron chi connectivity index (χ1n) is 34.9. The Balaban J connectivity index is 1.35. The quantitative estimate of drug-likeness (QED) is 0.0200. The van der Waals surface area contributed by atoms with E-state index in [0.29, 0.717) is 12.8 Å². The van der Waals surface area contributed by atoms with Gasteiger partial charge in [-0.2, -0.15) is 0 Å². The zero-order valence-electron chi connectivity index (χ0n) is 54.2. The average molecular weight is 1260 g/mol. The third-order valence-corrected chi connectivity index (χ3v) is 17.4. The molecule has 19 heteroatoms. The number of allylic oxidation sites excluding steroid dienone is 8. The lowest BCUT2D eigenvalue weighted by Gasteiger charge is -2.48. The Morgan fingerprint density at radius 1 is 0.420 bits per heavy atom. The van der Waals surface area contributed by atoms with Crippen LogP contribution in [0, 0.1) is 0 Å². The number of aliphatic hydroxyl groups excluding tert-OH is 11. The molecule has 0 aliphatic carbocycles. The second kappa shape index (κ2) is 51.2. The largest absolute Gasteiger partial charge is 0.394 e. The van der Waals surface area contributed by atoms with Crippen LogP contribution in [0.2, 0.25) is 0 Å². The molecule has 0 aromatic rings. The smallest absolute Gasteiger partial charge is 0.220 e. The molecule has 12 N–H and O–H groups in total. The summed E-state index contributed by atoms with van der Waals surface area (Å²) in [5.41, 5.74) is 0. The highest BCUT2D eigenvalue weighted by Gasteiger charge is 2.53. The minimum atomic E-state index is -1.97. The third kappa shape index (κ3) is 33.0. The van der Waals surface area contributed by atoms with Gasteiger partial charge < -0.3 is 89.9 Å². The topological polar surface area (TPSA) is 307 Å². The van der Waals surface area contributed by atoms with Gasteiger partial charge in [0.25, 0.3) is 0 Å². The fourth-order valence-corrected chi connectivity index (χ4v) is 11.8. The summed E-state index contributed by atoms with van der Waals surface area (Å²) in [7, 11) is 0. The van der Waals surface area contributed by atoms with Crippen LogP contribution in [-0.2, 0) is 33.2 Å². The van der Waals surface area contributed by atoms with Crippen LogP contribution < -0.4 is 5.32 Å². The summed E-state index contributed by atoms with van der Waals surface area (Å²) in [6, 6.07) is -0.886. The van der Waals surface area contributed by atoms with E-state index in [2.05, 4.69) is 67.8 Å². The molecule has 3 saturated heterocycles. The van der Waals surface area contributed by atoms with Crippen LogP contribution in [0.25, 0.3) is 0 Å². The molecule has 3 fully saturated rings. The maximum Gasteiger partial charge on any atom is 0.220 e. The molecule has 88 heavy (non-hydrogen) atoms. The molecule has 1 amide bonds. The Labute approximate surface area is 529 Å². The van der Waals surface area contributed by atoms with Crippen molar-refractivity contribution in [2.45, 2.75) is 356 Å². The van der Waals surface area contributed by atoms with Crippen LogP contribution in [0.1, 0.15) is 251 Å². The fourth-order valence-electron chi connectivity index (χ4n) is 11.8. The summed E-state index contributed by atoms with van der Waals surface area (Å²) >= 11 is 0. The van der Waals surface area contributed by atoms with Crippen LogP contribution in [-0.4, -0.2) is 193 Å². The molecule has 0 saturated carbocycles. The van der Waals surface area contributed by atoms with E-state index in [1.54, 1.807) is 0 Å². The number of rotatable bonds is 53. The number of carbonyl (C=O) groups is 1. The van der Waals surface area contributed by atoms with Crippen molar-refractivity contribution >= 4 is 5.91 Å². The summed E-state index contributed by atoms with van der Waals surface area (Å²) < 4.78 is 34.4. The van der Waals surface area contributed by atoms with Gasteiger partial charge in [-0.05, 0) is 51.4 Å². The molecule has 0 bridgehead atoms. The van der Waals surface area contributed by atoms with E-state index < -0.39 is 124 Å². The number of nitrogens with one attached hydrogen (secondary N) is 1. The van der Waals surface area contributed by atoms with Gasteiger partial charge in [-0.3, -0.25) is 4.79 Å². The van der Waals surface area contributed by atoms with Crippen molar-refractivity contribution < 1.29 is 89.4 Å². The third-order valence-electron chi connectivity index (χ3n) is 17.4.